The highest BCUT2D eigenvalue weighted by Crippen LogP contribution is 2.28. The van der Waals surface area contributed by atoms with Crippen LogP contribution < -0.4 is 10.1 Å². The first-order valence-corrected chi connectivity index (χ1v) is 9.56. The maximum absolute atomic E-state index is 12.3. The molecular weight excluding hydrogens is 395 g/mol. The molecule has 5 nitrogen and oxygen atoms in total. The lowest BCUT2D eigenvalue weighted by Crippen LogP contribution is -2.31. The quantitative estimate of drug-likeness (QED) is 0.645. The molecule has 0 radical (unpaired) electrons. The predicted octanol–water partition coefficient (Wildman–Crippen LogP) is 4.07. The summed E-state index contributed by atoms with van der Waals surface area (Å²) in [7, 11) is 1.90. The number of hydrogen-bond acceptors (Lipinski definition) is 4. The highest BCUT2D eigenvalue weighted by atomic mass is 35.5. The molecule has 1 aliphatic rings. The van der Waals surface area contributed by atoms with Crippen LogP contribution in [0.15, 0.2) is 18.3 Å². The van der Waals surface area contributed by atoms with Gasteiger partial charge in [-0.3, -0.25) is 4.79 Å². The second-order valence-corrected chi connectivity index (χ2v) is 7.23. The summed E-state index contributed by atoms with van der Waals surface area (Å²) in [5.74, 6) is -0.108. The average Bonchev–Trinajstić information content (AvgIpc) is 3.10. The summed E-state index contributed by atoms with van der Waals surface area (Å²) in [6, 6.07) is 2.12. The Balaban J connectivity index is 1.91. The van der Waals surface area contributed by atoms with E-state index in [4.69, 9.17) is 16.3 Å². The number of carbonyl (C=O) groups excluding carboxylic acids is 1. The van der Waals surface area contributed by atoms with E-state index in [2.05, 4.69) is 17.2 Å². The molecule has 1 aromatic heterocycles. The van der Waals surface area contributed by atoms with Gasteiger partial charge in [0, 0.05) is 31.6 Å². The van der Waals surface area contributed by atoms with Gasteiger partial charge in [-0.15, -0.1) is 0 Å². The molecule has 0 aliphatic carbocycles. The summed E-state index contributed by atoms with van der Waals surface area (Å²) in [5, 5.41) is 3.35. The van der Waals surface area contributed by atoms with Crippen LogP contribution in [0.25, 0.3) is 6.08 Å². The van der Waals surface area contributed by atoms with Crippen LogP contribution in [0.4, 0.5) is 13.2 Å². The molecule has 2 atom stereocenters. The molecule has 1 saturated heterocycles. The largest absolute Gasteiger partial charge is 0.485 e. The van der Waals surface area contributed by atoms with Gasteiger partial charge in [-0.05, 0) is 32.0 Å². The molecular formula is C19H25ClF3N3O2. The summed E-state index contributed by atoms with van der Waals surface area (Å²) in [4.78, 5) is 17.4. The molecule has 1 aliphatic heterocycles. The summed E-state index contributed by atoms with van der Waals surface area (Å²) < 4.78 is 42.7. The number of nitrogens with one attached hydrogen (secondary N) is 1. The summed E-state index contributed by atoms with van der Waals surface area (Å²) in [6.45, 7) is 2.68. The summed E-state index contributed by atoms with van der Waals surface area (Å²) in [5.41, 5.74) is 0.832. The van der Waals surface area contributed by atoms with Crippen molar-refractivity contribution in [2.45, 2.75) is 50.9 Å². The molecule has 1 amide bonds. The standard InChI is InChI=1S/C19H25ClF3N3O2/c1-13(24-2)4-3-5-14-10-16(18(20)25-11-14)28-15-7-9-26(12-15)17(27)6-8-19(21,22)23/h3,5,10-11,13,15,24H,4,6-9,12H2,1-2H3. The Labute approximate surface area is 167 Å². The van der Waals surface area contributed by atoms with E-state index in [0.29, 0.717) is 24.8 Å². The number of ether oxygens (including phenoxy) is 1. The van der Waals surface area contributed by atoms with Crippen LogP contribution in [0.5, 0.6) is 5.75 Å². The minimum Gasteiger partial charge on any atom is -0.485 e. The zero-order valence-electron chi connectivity index (χ0n) is 15.9. The molecule has 0 spiro atoms. The van der Waals surface area contributed by atoms with E-state index in [1.165, 1.54) is 4.90 Å². The maximum Gasteiger partial charge on any atom is 0.389 e. The lowest BCUT2D eigenvalue weighted by molar-refractivity contribution is -0.148. The third-order valence-corrected chi connectivity index (χ3v) is 4.82. The number of nitrogens with zero attached hydrogens (tertiary/aromatic N) is 2. The van der Waals surface area contributed by atoms with E-state index in [1.54, 1.807) is 12.3 Å². The molecule has 156 valence electrons. The van der Waals surface area contributed by atoms with Crippen molar-refractivity contribution in [1.82, 2.24) is 15.2 Å². The third-order valence-electron chi connectivity index (χ3n) is 4.53. The van der Waals surface area contributed by atoms with Gasteiger partial charge in [0.05, 0.1) is 13.0 Å². The van der Waals surface area contributed by atoms with Crippen LogP contribution >= 0.6 is 11.6 Å². The molecule has 1 fully saturated rings. The molecule has 0 saturated carbocycles. The fourth-order valence-electron chi connectivity index (χ4n) is 2.78. The Morgan fingerprint density at radius 2 is 2.29 bits per heavy atom. The van der Waals surface area contributed by atoms with E-state index in [1.807, 2.05) is 19.2 Å². The number of likely N-dealkylation sites (tertiary alicyclic amines) is 1. The van der Waals surface area contributed by atoms with Crippen LogP contribution in [-0.4, -0.2) is 54.3 Å². The Kier molecular flexibility index (Phi) is 8.12. The number of alkyl halides is 3. The maximum atomic E-state index is 12.3. The minimum absolute atomic E-state index is 0.211. The molecule has 0 aromatic carbocycles. The molecule has 1 N–H and O–H groups in total. The van der Waals surface area contributed by atoms with E-state index in [9.17, 15) is 18.0 Å². The Morgan fingerprint density at radius 3 is 2.96 bits per heavy atom. The van der Waals surface area contributed by atoms with Crippen molar-refractivity contribution in [2.24, 2.45) is 0 Å². The number of aromatic nitrogens is 1. The van der Waals surface area contributed by atoms with Crippen molar-refractivity contribution in [1.29, 1.82) is 0 Å². The molecule has 2 heterocycles. The van der Waals surface area contributed by atoms with Gasteiger partial charge in [0.15, 0.2) is 10.9 Å². The van der Waals surface area contributed by atoms with Crippen molar-refractivity contribution in [3.8, 4) is 5.75 Å². The first-order chi connectivity index (χ1) is 13.2. The highest BCUT2D eigenvalue weighted by molar-refractivity contribution is 6.30. The third kappa shape index (κ3) is 7.31. The average molecular weight is 420 g/mol. The van der Waals surface area contributed by atoms with Gasteiger partial charge in [-0.1, -0.05) is 23.8 Å². The zero-order chi connectivity index (χ0) is 20.7. The van der Waals surface area contributed by atoms with Crippen LogP contribution in [0.1, 0.15) is 38.2 Å². The number of hydrogen-bond donors (Lipinski definition) is 1. The Morgan fingerprint density at radius 1 is 1.54 bits per heavy atom. The molecule has 28 heavy (non-hydrogen) atoms. The van der Waals surface area contributed by atoms with Crippen molar-refractivity contribution in [3.05, 3.63) is 29.1 Å². The second-order valence-electron chi connectivity index (χ2n) is 6.87. The molecule has 2 rings (SSSR count). The molecule has 2 unspecified atom stereocenters. The van der Waals surface area contributed by atoms with Gasteiger partial charge >= 0.3 is 6.18 Å². The molecule has 9 heteroatoms. The highest BCUT2D eigenvalue weighted by Gasteiger charge is 2.32. The fraction of sp³-hybridized carbons (Fsp3) is 0.579. The smallest absolute Gasteiger partial charge is 0.389 e. The lowest BCUT2D eigenvalue weighted by Gasteiger charge is -2.18. The lowest BCUT2D eigenvalue weighted by atomic mass is 10.2. The number of rotatable bonds is 8. The van der Waals surface area contributed by atoms with E-state index >= 15 is 0 Å². The van der Waals surface area contributed by atoms with Gasteiger partial charge in [0.2, 0.25) is 5.91 Å². The summed E-state index contributed by atoms with van der Waals surface area (Å²) >= 11 is 6.10. The van der Waals surface area contributed by atoms with Crippen molar-refractivity contribution in [2.75, 3.05) is 20.1 Å². The predicted molar refractivity (Wildman–Crippen MR) is 102 cm³/mol. The number of carbonyl (C=O) groups is 1. The fourth-order valence-corrected chi connectivity index (χ4v) is 2.93. The molecule has 0 bridgehead atoms. The zero-order valence-corrected chi connectivity index (χ0v) is 16.7. The monoisotopic (exact) mass is 419 g/mol. The van der Waals surface area contributed by atoms with Gasteiger partial charge < -0.3 is 15.0 Å². The molecule has 1 aromatic rings. The van der Waals surface area contributed by atoms with Gasteiger partial charge in [-0.2, -0.15) is 13.2 Å². The van der Waals surface area contributed by atoms with E-state index < -0.39 is 24.9 Å². The second kappa shape index (κ2) is 10.1. The SMILES string of the molecule is CNC(C)CC=Cc1cnc(Cl)c(OC2CCN(C(=O)CCC(F)(F)F)C2)c1. The Hall–Kier alpha value is -1.80. The van der Waals surface area contributed by atoms with Crippen molar-refractivity contribution in [3.63, 3.8) is 0 Å². The van der Waals surface area contributed by atoms with Gasteiger partial charge in [0.1, 0.15) is 6.10 Å². The first kappa shape index (κ1) is 22.5. The van der Waals surface area contributed by atoms with Crippen LogP contribution in [-0.2, 0) is 4.79 Å². The van der Waals surface area contributed by atoms with Gasteiger partial charge in [-0.25, -0.2) is 4.98 Å². The van der Waals surface area contributed by atoms with Crippen LogP contribution in [0.3, 0.4) is 0 Å². The normalized spacial score (nSPS) is 18.6. The van der Waals surface area contributed by atoms with Crippen LogP contribution in [0.2, 0.25) is 5.15 Å². The van der Waals surface area contributed by atoms with Crippen molar-refractivity contribution < 1.29 is 22.7 Å². The summed E-state index contributed by atoms with van der Waals surface area (Å²) in [6.07, 6.45) is 0.672. The first-order valence-electron chi connectivity index (χ1n) is 9.18. The number of halogens is 4. The number of pyridine rings is 1. The van der Waals surface area contributed by atoms with E-state index in [-0.39, 0.29) is 17.8 Å². The topological polar surface area (TPSA) is 54.5 Å². The van der Waals surface area contributed by atoms with E-state index in [0.717, 1.165) is 12.0 Å². The minimum atomic E-state index is -4.33. The number of amides is 1. The van der Waals surface area contributed by atoms with Crippen LogP contribution in [0, 0.1) is 0 Å². The Bertz CT molecular complexity index is 697. The van der Waals surface area contributed by atoms with Crippen molar-refractivity contribution >= 4 is 23.6 Å². The van der Waals surface area contributed by atoms with Gasteiger partial charge in [0.25, 0.3) is 0 Å².